The molecule has 3 heterocycles. The Morgan fingerprint density at radius 3 is 2.71 bits per heavy atom. The molecule has 7 heteroatoms. The molecule has 1 atom stereocenters. The summed E-state index contributed by atoms with van der Waals surface area (Å²) in [5.41, 5.74) is 2.46. The lowest BCUT2D eigenvalue weighted by Crippen LogP contribution is -2.25. The van der Waals surface area contributed by atoms with Gasteiger partial charge in [0.25, 0.3) is 0 Å². The monoisotopic (exact) mass is 330 g/mol. The Hall–Kier alpha value is -2.28. The van der Waals surface area contributed by atoms with Gasteiger partial charge in [0.15, 0.2) is 5.82 Å². The van der Waals surface area contributed by atoms with Crippen LogP contribution >= 0.6 is 0 Å². The molecule has 1 amide bonds. The van der Waals surface area contributed by atoms with Crippen molar-refractivity contribution < 1.29 is 14.1 Å². The maximum atomic E-state index is 12.1. The number of carbonyl (C=O) groups is 1. The normalized spacial score (nSPS) is 17.7. The van der Waals surface area contributed by atoms with Crippen LogP contribution in [-0.4, -0.2) is 27.6 Å². The fourth-order valence-corrected chi connectivity index (χ4v) is 2.74. The van der Waals surface area contributed by atoms with E-state index in [0.717, 1.165) is 48.5 Å². The zero-order valence-corrected chi connectivity index (χ0v) is 14.0. The molecule has 3 rings (SSSR count). The van der Waals surface area contributed by atoms with Gasteiger partial charge in [-0.15, -0.1) is 0 Å². The molecular weight excluding hydrogens is 308 g/mol. The summed E-state index contributed by atoms with van der Waals surface area (Å²) in [6.07, 6.45) is 6.97. The highest BCUT2D eigenvalue weighted by Gasteiger charge is 2.18. The standard InChI is InChI=1S/C17H22N4O3/c1-11-14(12(2)24-21-11)7-16(22)18-8-13-9-19-17(20-10-13)15-5-3-4-6-23-15/h9-10,15H,3-8H2,1-2H3,(H,18,22)/t15-/m0/s1. The summed E-state index contributed by atoms with van der Waals surface area (Å²) < 4.78 is 10.7. The summed E-state index contributed by atoms with van der Waals surface area (Å²) in [4.78, 5) is 20.8. The molecule has 1 N–H and O–H groups in total. The highest BCUT2D eigenvalue weighted by Crippen LogP contribution is 2.24. The molecule has 2 aromatic rings. The van der Waals surface area contributed by atoms with Crippen molar-refractivity contribution in [1.82, 2.24) is 20.4 Å². The van der Waals surface area contributed by atoms with E-state index in [1.165, 1.54) is 0 Å². The number of aromatic nitrogens is 3. The van der Waals surface area contributed by atoms with Crippen LogP contribution in [0.15, 0.2) is 16.9 Å². The number of hydrogen-bond acceptors (Lipinski definition) is 6. The van der Waals surface area contributed by atoms with Crippen LogP contribution in [-0.2, 0) is 22.5 Å². The summed E-state index contributed by atoms with van der Waals surface area (Å²) in [6, 6.07) is 0. The number of amides is 1. The van der Waals surface area contributed by atoms with Crippen molar-refractivity contribution >= 4 is 5.91 Å². The lowest BCUT2D eigenvalue weighted by atomic mass is 10.1. The van der Waals surface area contributed by atoms with Gasteiger partial charge in [-0.3, -0.25) is 4.79 Å². The highest BCUT2D eigenvalue weighted by atomic mass is 16.5. The van der Waals surface area contributed by atoms with E-state index in [9.17, 15) is 4.79 Å². The lowest BCUT2D eigenvalue weighted by Gasteiger charge is -2.21. The highest BCUT2D eigenvalue weighted by molar-refractivity contribution is 5.78. The Balaban J connectivity index is 1.52. The Labute approximate surface area is 140 Å². The Bertz CT molecular complexity index is 671. The van der Waals surface area contributed by atoms with Crippen LogP contribution in [0, 0.1) is 13.8 Å². The molecule has 0 bridgehead atoms. The summed E-state index contributed by atoms with van der Waals surface area (Å²) in [6.45, 7) is 4.81. The second-order valence-electron chi connectivity index (χ2n) is 6.06. The number of hydrogen-bond donors (Lipinski definition) is 1. The van der Waals surface area contributed by atoms with E-state index in [0.29, 0.717) is 12.3 Å². The first-order valence-electron chi connectivity index (χ1n) is 8.24. The molecule has 0 aromatic carbocycles. The van der Waals surface area contributed by atoms with Gasteiger partial charge in [0.2, 0.25) is 5.91 Å². The van der Waals surface area contributed by atoms with E-state index in [2.05, 4.69) is 20.4 Å². The van der Waals surface area contributed by atoms with Crippen LogP contribution in [0.5, 0.6) is 0 Å². The third kappa shape index (κ3) is 3.97. The molecule has 128 valence electrons. The van der Waals surface area contributed by atoms with Gasteiger partial charge in [-0.25, -0.2) is 9.97 Å². The number of carbonyl (C=O) groups excluding carboxylic acids is 1. The largest absolute Gasteiger partial charge is 0.370 e. The minimum absolute atomic E-state index is 0.00179. The summed E-state index contributed by atoms with van der Waals surface area (Å²) in [5.74, 6) is 1.33. The van der Waals surface area contributed by atoms with Gasteiger partial charge in [0.1, 0.15) is 11.9 Å². The van der Waals surface area contributed by atoms with Crippen LogP contribution in [0.2, 0.25) is 0 Å². The van der Waals surface area contributed by atoms with E-state index in [1.54, 1.807) is 12.4 Å². The first kappa shape index (κ1) is 16.6. The van der Waals surface area contributed by atoms with Crippen molar-refractivity contribution in [1.29, 1.82) is 0 Å². The van der Waals surface area contributed by atoms with Crippen LogP contribution in [0.4, 0.5) is 0 Å². The minimum atomic E-state index is -0.0795. The van der Waals surface area contributed by atoms with E-state index >= 15 is 0 Å². The Morgan fingerprint density at radius 1 is 1.29 bits per heavy atom. The minimum Gasteiger partial charge on any atom is -0.370 e. The molecule has 1 aliphatic heterocycles. The van der Waals surface area contributed by atoms with E-state index in [4.69, 9.17) is 9.26 Å². The molecule has 24 heavy (non-hydrogen) atoms. The zero-order chi connectivity index (χ0) is 16.9. The quantitative estimate of drug-likeness (QED) is 0.903. The van der Waals surface area contributed by atoms with Crippen molar-refractivity contribution in [3.63, 3.8) is 0 Å². The maximum Gasteiger partial charge on any atom is 0.224 e. The SMILES string of the molecule is Cc1noc(C)c1CC(=O)NCc1cnc([C@@H]2CCCCO2)nc1. The number of aryl methyl sites for hydroxylation is 2. The van der Waals surface area contributed by atoms with Crippen LogP contribution < -0.4 is 5.32 Å². The lowest BCUT2D eigenvalue weighted by molar-refractivity contribution is -0.120. The van der Waals surface area contributed by atoms with E-state index in [-0.39, 0.29) is 18.4 Å². The number of nitrogens with zero attached hydrogens (tertiary/aromatic N) is 3. The number of rotatable bonds is 5. The maximum absolute atomic E-state index is 12.1. The molecule has 0 saturated carbocycles. The summed E-state index contributed by atoms with van der Waals surface area (Å²) >= 11 is 0. The Kier molecular flexibility index (Phi) is 5.20. The van der Waals surface area contributed by atoms with Gasteiger partial charge in [0.05, 0.1) is 12.1 Å². The average molecular weight is 330 g/mol. The van der Waals surface area contributed by atoms with Crippen molar-refractivity contribution in [3.05, 3.63) is 40.8 Å². The van der Waals surface area contributed by atoms with Gasteiger partial charge in [-0.2, -0.15) is 0 Å². The molecule has 0 aliphatic carbocycles. The molecule has 0 spiro atoms. The predicted molar refractivity (Wildman–Crippen MR) is 86.1 cm³/mol. The van der Waals surface area contributed by atoms with Crippen molar-refractivity contribution in [3.8, 4) is 0 Å². The Morgan fingerprint density at radius 2 is 2.08 bits per heavy atom. The molecule has 1 aliphatic rings. The second-order valence-corrected chi connectivity index (χ2v) is 6.06. The van der Waals surface area contributed by atoms with Crippen LogP contribution in [0.25, 0.3) is 0 Å². The molecule has 7 nitrogen and oxygen atoms in total. The third-order valence-corrected chi connectivity index (χ3v) is 4.20. The van der Waals surface area contributed by atoms with Gasteiger partial charge in [0, 0.05) is 36.7 Å². The fraction of sp³-hybridized carbons (Fsp3) is 0.529. The molecule has 0 unspecified atom stereocenters. The van der Waals surface area contributed by atoms with Gasteiger partial charge >= 0.3 is 0 Å². The van der Waals surface area contributed by atoms with Gasteiger partial charge < -0.3 is 14.6 Å². The third-order valence-electron chi connectivity index (χ3n) is 4.20. The van der Waals surface area contributed by atoms with Crippen LogP contribution in [0.3, 0.4) is 0 Å². The smallest absolute Gasteiger partial charge is 0.224 e. The summed E-state index contributed by atoms with van der Waals surface area (Å²) in [5, 5.41) is 6.73. The number of ether oxygens (including phenoxy) is 1. The van der Waals surface area contributed by atoms with Crippen LogP contribution in [0.1, 0.15) is 53.8 Å². The fourth-order valence-electron chi connectivity index (χ4n) is 2.74. The average Bonchev–Trinajstić information content (AvgIpc) is 2.93. The zero-order valence-electron chi connectivity index (χ0n) is 14.0. The number of nitrogens with one attached hydrogen (secondary N) is 1. The predicted octanol–water partition coefficient (Wildman–Crippen LogP) is 2.18. The molecule has 2 aromatic heterocycles. The van der Waals surface area contributed by atoms with Crippen molar-refractivity contribution in [2.75, 3.05) is 6.61 Å². The van der Waals surface area contributed by atoms with E-state index < -0.39 is 0 Å². The second kappa shape index (κ2) is 7.53. The van der Waals surface area contributed by atoms with Gasteiger partial charge in [-0.1, -0.05) is 5.16 Å². The van der Waals surface area contributed by atoms with Crippen molar-refractivity contribution in [2.24, 2.45) is 0 Å². The first-order chi connectivity index (χ1) is 11.6. The molecule has 1 fully saturated rings. The molecular formula is C17H22N4O3. The first-order valence-corrected chi connectivity index (χ1v) is 8.24. The molecule has 1 saturated heterocycles. The summed E-state index contributed by atoms with van der Waals surface area (Å²) in [7, 11) is 0. The molecule has 0 radical (unpaired) electrons. The topological polar surface area (TPSA) is 90.1 Å². The van der Waals surface area contributed by atoms with Gasteiger partial charge in [-0.05, 0) is 33.1 Å². The van der Waals surface area contributed by atoms with E-state index in [1.807, 2.05) is 13.8 Å². The van der Waals surface area contributed by atoms with Crippen molar-refractivity contribution in [2.45, 2.75) is 52.2 Å².